The third kappa shape index (κ3) is 4.10. The Labute approximate surface area is 145 Å². The lowest BCUT2D eigenvalue weighted by Crippen LogP contribution is -2.04. The Morgan fingerprint density at radius 1 is 1.46 bits per heavy atom. The summed E-state index contributed by atoms with van der Waals surface area (Å²) in [6, 6.07) is 7.78. The van der Waals surface area contributed by atoms with E-state index < -0.39 is 12.4 Å². The number of thiophene rings is 1. The summed E-state index contributed by atoms with van der Waals surface area (Å²) in [6.45, 7) is -3.06. The molecule has 0 spiro atoms. The van der Waals surface area contributed by atoms with Crippen molar-refractivity contribution < 1.29 is 23.0 Å². The summed E-state index contributed by atoms with van der Waals surface area (Å²) in [5.41, 5.74) is 0.234. The first kappa shape index (κ1) is 17.9. The fourth-order valence-corrected chi connectivity index (χ4v) is 2.82. The van der Waals surface area contributed by atoms with Gasteiger partial charge in [-0.2, -0.15) is 14.0 Å². The number of allylic oxidation sites excluding steroid dienone is 1. The molecule has 0 amide bonds. The van der Waals surface area contributed by atoms with E-state index in [9.17, 15) is 18.8 Å². The molecule has 1 aromatic heterocycles. The van der Waals surface area contributed by atoms with E-state index in [2.05, 4.69) is 4.74 Å². The maximum absolute atomic E-state index is 12.4. The molecule has 8 heteroatoms. The van der Waals surface area contributed by atoms with Crippen molar-refractivity contribution in [1.82, 2.24) is 0 Å². The minimum atomic E-state index is -3.06. The van der Waals surface area contributed by atoms with Gasteiger partial charge in [-0.25, -0.2) is 0 Å². The van der Waals surface area contributed by atoms with E-state index in [0.29, 0.717) is 10.4 Å². The van der Waals surface area contributed by atoms with Crippen molar-refractivity contribution in [1.29, 1.82) is 5.26 Å². The second kappa shape index (κ2) is 7.90. The molecule has 0 N–H and O–H groups in total. The SMILES string of the molecule is COc1cc(/C=C(\C#N)C(=O)c2cccs2)cc(Cl)c1OC(F)F. The topological polar surface area (TPSA) is 59.3 Å². The molecule has 0 saturated carbocycles. The number of benzene rings is 1. The van der Waals surface area contributed by atoms with Crippen molar-refractivity contribution in [2.75, 3.05) is 7.11 Å². The molecule has 124 valence electrons. The van der Waals surface area contributed by atoms with Crippen molar-refractivity contribution in [3.63, 3.8) is 0 Å². The molecule has 0 saturated heterocycles. The van der Waals surface area contributed by atoms with Crippen molar-refractivity contribution in [3.8, 4) is 17.6 Å². The first-order valence-corrected chi connectivity index (χ1v) is 7.74. The molecule has 0 aliphatic carbocycles. The quantitative estimate of drug-likeness (QED) is 0.417. The smallest absolute Gasteiger partial charge is 0.387 e. The van der Waals surface area contributed by atoms with Crippen LogP contribution in [-0.4, -0.2) is 19.5 Å². The number of hydrogen-bond donors (Lipinski definition) is 0. The highest BCUT2D eigenvalue weighted by Gasteiger charge is 2.17. The number of ketones is 1. The molecule has 24 heavy (non-hydrogen) atoms. The predicted molar refractivity (Wildman–Crippen MR) is 86.9 cm³/mol. The van der Waals surface area contributed by atoms with E-state index in [0.717, 1.165) is 0 Å². The molecular weight excluding hydrogens is 360 g/mol. The average Bonchev–Trinajstić information content (AvgIpc) is 3.08. The minimum absolute atomic E-state index is 0.0325. The molecule has 4 nitrogen and oxygen atoms in total. The van der Waals surface area contributed by atoms with Gasteiger partial charge in [0, 0.05) is 0 Å². The van der Waals surface area contributed by atoms with Crippen LogP contribution >= 0.6 is 22.9 Å². The molecule has 1 aromatic carbocycles. The van der Waals surface area contributed by atoms with E-state index in [4.69, 9.17) is 16.3 Å². The monoisotopic (exact) mass is 369 g/mol. The Morgan fingerprint density at radius 3 is 2.75 bits per heavy atom. The number of hydrogen-bond acceptors (Lipinski definition) is 5. The molecule has 0 aliphatic heterocycles. The molecule has 0 aliphatic rings. The number of alkyl halides is 2. The fraction of sp³-hybridized carbons (Fsp3) is 0.125. The van der Waals surface area contributed by atoms with Crippen molar-refractivity contribution in [2.24, 2.45) is 0 Å². The normalized spacial score (nSPS) is 11.2. The van der Waals surface area contributed by atoms with Crippen LogP contribution in [0, 0.1) is 11.3 Å². The van der Waals surface area contributed by atoms with Gasteiger partial charge >= 0.3 is 6.61 Å². The van der Waals surface area contributed by atoms with Crippen LogP contribution < -0.4 is 9.47 Å². The third-order valence-electron chi connectivity index (χ3n) is 2.88. The highest BCUT2D eigenvalue weighted by molar-refractivity contribution is 7.12. The molecule has 2 aromatic rings. The van der Waals surface area contributed by atoms with Gasteiger partial charge in [0.1, 0.15) is 11.6 Å². The predicted octanol–water partition coefficient (Wildman–Crippen LogP) is 4.80. The van der Waals surface area contributed by atoms with Crippen LogP contribution in [0.3, 0.4) is 0 Å². The summed E-state index contributed by atoms with van der Waals surface area (Å²) in [6.07, 6.45) is 1.31. The largest absolute Gasteiger partial charge is 0.493 e. The zero-order chi connectivity index (χ0) is 17.7. The summed E-state index contributed by atoms with van der Waals surface area (Å²) >= 11 is 7.14. The molecule has 0 unspecified atom stereocenters. The zero-order valence-electron chi connectivity index (χ0n) is 12.3. The number of rotatable bonds is 6. The van der Waals surface area contributed by atoms with E-state index in [-0.39, 0.29) is 22.1 Å². The molecular formula is C16H10ClF2NO3S. The van der Waals surface area contributed by atoms with Crippen LogP contribution in [0.5, 0.6) is 11.5 Å². The van der Waals surface area contributed by atoms with E-state index in [1.54, 1.807) is 17.5 Å². The van der Waals surface area contributed by atoms with Crippen molar-refractivity contribution in [2.45, 2.75) is 6.61 Å². The number of carbonyl (C=O) groups is 1. The number of carbonyl (C=O) groups excluding carboxylic acids is 1. The van der Waals surface area contributed by atoms with Gasteiger partial charge in [0.25, 0.3) is 0 Å². The number of methoxy groups -OCH3 is 1. The standard InChI is InChI=1S/C16H10ClF2NO3S/c1-22-12-7-9(6-11(17)15(12)23-16(18)19)5-10(8-20)14(21)13-3-2-4-24-13/h2-7,16H,1H3/b10-5+. The highest BCUT2D eigenvalue weighted by Crippen LogP contribution is 2.38. The Morgan fingerprint density at radius 2 is 2.21 bits per heavy atom. The summed E-state index contributed by atoms with van der Waals surface area (Å²) in [4.78, 5) is 12.6. The number of ether oxygens (including phenoxy) is 2. The van der Waals surface area contributed by atoms with Gasteiger partial charge in [-0.05, 0) is 35.2 Å². The van der Waals surface area contributed by atoms with Gasteiger partial charge in [0.2, 0.25) is 5.78 Å². The number of halogens is 3. The molecule has 2 rings (SSSR count). The van der Waals surface area contributed by atoms with Gasteiger partial charge in [-0.3, -0.25) is 4.79 Å². The summed E-state index contributed by atoms with van der Waals surface area (Å²) in [5, 5.41) is 10.8. The number of nitrogens with zero attached hydrogens (tertiary/aromatic N) is 1. The van der Waals surface area contributed by atoms with Gasteiger partial charge in [-0.15, -0.1) is 11.3 Å². The van der Waals surface area contributed by atoms with Gasteiger partial charge in [-0.1, -0.05) is 17.7 Å². The van der Waals surface area contributed by atoms with Crippen LogP contribution in [0.1, 0.15) is 15.2 Å². The number of Topliss-reactive ketones (excluding diaryl/α,β-unsaturated/α-hetero) is 1. The lowest BCUT2D eigenvalue weighted by Gasteiger charge is -2.12. The van der Waals surface area contributed by atoms with Crippen LogP contribution in [0.25, 0.3) is 6.08 Å². The lowest BCUT2D eigenvalue weighted by molar-refractivity contribution is -0.0511. The van der Waals surface area contributed by atoms with Gasteiger partial charge in [0.15, 0.2) is 11.5 Å². The summed E-state index contributed by atoms with van der Waals surface area (Å²) in [7, 11) is 1.26. The van der Waals surface area contributed by atoms with E-state index in [1.807, 2.05) is 6.07 Å². The maximum atomic E-state index is 12.4. The first-order valence-electron chi connectivity index (χ1n) is 6.48. The lowest BCUT2D eigenvalue weighted by atomic mass is 10.1. The molecule has 0 bridgehead atoms. The first-order chi connectivity index (χ1) is 11.5. The Bertz CT molecular complexity index is 813. The fourth-order valence-electron chi connectivity index (χ4n) is 1.88. The molecule has 1 heterocycles. The van der Waals surface area contributed by atoms with Crippen molar-refractivity contribution >= 4 is 34.8 Å². The summed E-state index contributed by atoms with van der Waals surface area (Å²) < 4.78 is 34.1. The molecule has 0 fully saturated rings. The maximum Gasteiger partial charge on any atom is 0.387 e. The molecule has 0 atom stereocenters. The Kier molecular flexibility index (Phi) is 5.90. The Hall–Kier alpha value is -2.43. The van der Waals surface area contributed by atoms with Gasteiger partial charge < -0.3 is 9.47 Å². The second-order valence-electron chi connectivity index (χ2n) is 4.39. The average molecular weight is 370 g/mol. The highest BCUT2D eigenvalue weighted by atomic mass is 35.5. The second-order valence-corrected chi connectivity index (χ2v) is 5.74. The van der Waals surface area contributed by atoms with Crippen LogP contribution in [-0.2, 0) is 0 Å². The van der Waals surface area contributed by atoms with Crippen LogP contribution in [0.15, 0.2) is 35.2 Å². The zero-order valence-corrected chi connectivity index (χ0v) is 13.8. The van der Waals surface area contributed by atoms with E-state index in [1.165, 1.54) is 36.7 Å². The van der Waals surface area contributed by atoms with Crippen molar-refractivity contribution in [3.05, 3.63) is 50.7 Å². The number of nitriles is 1. The van der Waals surface area contributed by atoms with Gasteiger partial charge in [0.05, 0.1) is 17.0 Å². The minimum Gasteiger partial charge on any atom is -0.493 e. The third-order valence-corrected chi connectivity index (χ3v) is 4.03. The van der Waals surface area contributed by atoms with Crippen LogP contribution in [0.4, 0.5) is 8.78 Å². The Balaban J connectivity index is 2.43. The van der Waals surface area contributed by atoms with Crippen LogP contribution in [0.2, 0.25) is 5.02 Å². The van der Waals surface area contributed by atoms with E-state index >= 15 is 0 Å². The molecule has 0 radical (unpaired) electrons. The summed E-state index contributed by atoms with van der Waals surface area (Å²) in [5.74, 6) is -0.778.